The fourth-order valence-corrected chi connectivity index (χ4v) is 2.55. The molecule has 1 atom stereocenters. The Labute approximate surface area is 113 Å². The minimum atomic E-state index is 0.357. The number of hydrogen-bond donors (Lipinski definition) is 1. The molecule has 1 aromatic carbocycles. The Kier molecular flexibility index (Phi) is 4.84. The number of nitrogens with zero attached hydrogens (tertiary/aromatic N) is 2. The van der Waals surface area contributed by atoms with Gasteiger partial charge >= 0.3 is 0 Å². The summed E-state index contributed by atoms with van der Waals surface area (Å²) in [5.41, 5.74) is 1.24. The largest absolute Gasteiger partial charge is 0.309 e. The van der Waals surface area contributed by atoms with Crippen LogP contribution in [0.15, 0.2) is 47.6 Å². The van der Waals surface area contributed by atoms with Crippen molar-refractivity contribution in [3.05, 3.63) is 48.3 Å². The van der Waals surface area contributed by atoms with Crippen molar-refractivity contribution in [3.8, 4) is 0 Å². The van der Waals surface area contributed by atoms with E-state index >= 15 is 0 Å². The zero-order valence-corrected chi connectivity index (χ0v) is 11.7. The van der Waals surface area contributed by atoms with Crippen molar-refractivity contribution in [3.63, 3.8) is 0 Å². The molecule has 1 heterocycles. The third-order valence-electron chi connectivity index (χ3n) is 2.79. The molecule has 18 heavy (non-hydrogen) atoms. The Balaban J connectivity index is 1.69. The van der Waals surface area contributed by atoms with E-state index in [-0.39, 0.29) is 0 Å². The number of aryl methyl sites for hydroxylation is 1. The van der Waals surface area contributed by atoms with E-state index in [2.05, 4.69) is 47.8 Å². The first-order valence-electron chi connectivity index (χ1n) is 6.15. The first-order chi connectivity index (χ1) is 8.75. The fourth-order valence-electron chi connectivity index (χ4n) is 1.74. The molecule has 1 unspecified atom stereocenters. The van der Waals surface area contributed by atoms with Crippen LogP contribution in [0.25, 0.3) is 0 Å². The lowest BCUT2D eigenvalue weighted by Gasteiger charge is -2.11. The molecule has 0 aliphatic carbocycles. The third kappa shape index (κ3) is 3.89. The maximum absolute atomic E-state index is 4.18. The molecule has 0 bridgehead atoms. The zero-order chi connectivity index (χ0) is 12.8. The van der Waals surface area contributed by atoms with E-state index in [4.69, 9.17) is 0 Å². The van der Waals surface area contributed by atoms with Gasteiger partial charge < -0.3 is 5.32 Å². The van der Waals surface area contributed by atoms with E-state index in [9.17, 15) is 0 Å². The van der Waals surface area contributed by atoms with Gasteiger partial charge in [-0.15, -0.1) is 11.8 Å². The zero-order valence-electron chi connectivity index (χ0n) is 10.8. The van der Waals surface area contributed by atoms with E-state index in [0.717, 1.165) is 12.3 Å². The van der Waals surface area contributed by atoms with Crippen LogP contribution in [0.3, 0.4) is 0 Å². The van der Waals surface area contributed by atoms with Gasteiger partial charge in [-0.05, 0) is 19.1 Å². The molecule has 0 saturated carbocycles. The highest BCUT2D eigenvalue weighted by molar-refractivity contribution is 7.99. The lowest BCUT2D eigenvalue weighted by Crippen LogP contribution is -2.20. The van der Waals surface area contributed by atoms with Gasteiger partial charge in [0.05, 0.1) is 6.20 Å². The Morgan fingerprint density at radius 1 is 1.33 bits per heavy atom. The van der Waals surface area contributed by atoms with Gasteiger partial charge in [0, 0.05) is 42.0 Å². The van der Waals surface area contributed by atoms with Crippen LogP contribution < -0.4 is 5.32 Å². The summed E-state index contributed by atoms with van der Waals surface area (Å²) in [6, 6.07) is 10.9. The average Bonchev–Trinajstić information content (AvgIpc) is 2.82. The summed E-state index contributed by atoms with van der Waals surface area (Å²) >= 11 is 1.88. The van der Waals surface area contributed by atoms with Gasteiger partial charge in [0.1, 0.15) is 0 Å². The van der Waals surface area contributed by atoms with Crippen LogP contribution in [-0.2, 0) is 7.05 Å². The molecule has 0 aliphatic rings. The maximum Gasteiger partial charge on any atom is 0.0537 e. The standard InChI is InChI=1S/C14H19N3S/c1-12(13-10-16-17(2)11-13)15-8-9-18-14-6-4-3-5-7-14/h3-7,10-12,15H,8-9H2,1-2H3. The van der Waals surface area contributed by atoms with Gasteiger partial charge in [-0.1, -0.05) is 18.2 Å². The summed E-state index contributed by atoms with van der Waals surface area (Å²) in [6.45, 7) is 3.17. The molecular formula is C14H19N3S. The molecule has 1 N–H and O–H groups in total. The molecule has 0 radical (unpaired) electrons. The molecule has 0 spiro atoms. The normalized spacial score (nSPS) is 12.6. The van der Waals surface area contributed by atoms with Crippen LogP contribution in [0.1, 0.15) is 18.5 Å². The highest BCUT2D eigenvalue weighted by Crippen LogP contribution is 2.16. The molecule has 1 aromatic heterocycles. The second kappa shape index (κ2) is 6.61. The molecular weight excluding hydrogens is 242 g/mol. The van der Waals surface area contributed by atoms with Crippen LogP contribution in [0.5, 0.6) is 0 Å². The third-order valence-corrected chi connectivity index (χ3v) is 3.80. The Bertz CT molecular complexity index is 467. The quantitative estimate of drug-likeness (QED) is 0.640. The van der Waals surface area contributed by atoms with E-state index in [1.165, 1.54) is 10.5 Å². The highest BCUT2D eigenvalue weighted by Gasteiger charge is 2.05. The minimum absolute atomic E-state index is 0.357. The van der Waals surface area contributed by atoms with Crippen LogP contribution in [0.2, 0.25) is 0 Å². The maximum atomic E-state index is 4.18. The number of nitrogens with one attached hydrogen (secondary N) is 1. The second-order valence-electron chi connectivity index (χ2n) is 4.28. The number of rotatable bonds is 6. The molecule has 3 nitrogen and oxygen atoms in total. The number of aromatic nitrogens is 2. The van der Waals surface area contributed by atoms with Gasteiger partial charge in [-0.25, -0.2) is 0 Å². The van der Waals surface area contributed by atoms with Crippen molar-refractivity contribution >= 4 is 11.8 Å². The summed E-state index contributed by atoms with van der Waals surface area (Å²) in [5.74, 6) is 1.08. The van der Waals surface area contributed by atoms with Crippen molar-refractivity contribution in [2.24, 2.45) is 7.05 Å². The number of thioether (sulfide) groups is 1. The van der Waals surface area contributed by atoms with E-state index in [0.29, 0.717) is 6.04 Å². The molecule has 0 amide bonds. The first-order valence-corrected chi connectivity index (χ1v) is 7.14. The van der Waals surface area contributed by atoms with Crippen molar-refractivity contribution in [1.29, 1.82) is 0 Å². The van der Waals surface area contributed by atoms with E-state index in [1.807, 2.05) is 35.8 Å². The van der Waals surface area contributed by atoms with Crippen LogP contribution in [0, 0.1) is 0 Å². The Morgan fingerprint density at radius 3 is 2.78 bits per heavy atom. The van der Waals surface area contributed by atoms with Gasteiger partial charge in [0.25, 0.3) is 0 Å². The van der Waals surface area contributed by atoms with E-state index < -0.39 is 0 Å². The van der Waals surface area contributed by atoms with Gasteiger partial charge in [-0.3, -0.25) is 4.68 Å². The monoisotopic (exact) mass is 261 g/mol. The van der Waals surface area contributed by atoms with Gasteiger partial charge in [0.2, 0.25) is 0 Å². The first kappa shape index (κ1) is 13.2. The van der Waals surface area contributed by atoms with E-state index in [1.54, 1.807) is 0 Å². The van der Waals surface area contributed by atoms with Crippen molar-refractivity contribution in [2.45, 2.75) is 17.9 Å². The summed E-state index contributed by atoms with van der Waals surface area (Å²) in [4.78, 5) is 1.33. The minimum Gasteiger partial charge on any atom is -0.309 e. The molecule has 2 aromatic rings. The molecule has 0 saturated heterocycles. The SMILES string of the molecule is CC(NCCSc1ccccc1)c1cnn(C)c1. The lowest BCUT2D eigenvalue weighted by molar-refractivity contribution is 0.600. The predicted octanol–water partition coefficient (Wildman–Crippen LogP) is 2.86. The van der Waals surface area contributed by atoms with Crippen LogP contribution >= 0.6 is 11.8 Å². The van der Waals surface area contributed by atoms with Crippen LogP contribution in [0.4, 0.5) is 0 Å². The van der Waals surface area contributed by atoms with Crippen LogP contribution in [-0.4, -0.2) is 22.1 Å². The number of hydrogen-bond acceptors (Lipinski definition) is 3. The van der Waals surface area contributed by atoms with Gasteiger partial charge in [-0.2, -0.15) is 5.10 Å². The Hall–Kier alpha value is -1.26. The summed E-state index contributed by atoms with van der Waals surface area (Å²) in [7, 11) is 1.95. The lowest BCUT2D eigenvalue weighted by atomic mass is 10.2. The highest BCUT2D eigenvalue weighted by atomic mass is 32.2. The summed E-state index contributed by atoms with van der Waals surface area (Å²) in [5, 5.41) is 7.69. The molecule has 2 rings (SSSR count). The second-order valence-corrected chi connectivity index (χ2v) is 5.45. The molecule has 96 valence electrons. The van der Waals surface area contributed by atoms with Crippen molar-refractivity contribution < 1.29 is 0 Å². The van der Waals surface area contributed by atoms with Crippen molar-refractivity contribution in [1.82, 2.24) is 15.1 Å². The summed E-state index contributed by atoms with van der Waals surface area (Å²) in [6.07, 6.45) is 3.98. The molecule has 0 aliphatic heterocycles. The topological polar surface area (TPSA) is 29.9 Å². The molecule has 4 heteroatoms. The fraction of sp³-hybridized carbons (Fsp3) is 0.357. The number of benzene rings is 1. The Morgan fingerprint density at radius 2 is 2.11 bits per heavy atom. The predicted molar refractivity (Wildman–Crippen MR) is 76.8 cm³/mol. The van der Waals surface area contributed by atoms with Crippen molar-refractivity contribution in [2.75, 3.05) is 12.3 Å². The van der Waals surface area contributed by atoms with Gasteiger partial charge in [0.15, 0.2) is 0 Å². The average molecular weight is 261 g/mol. The summed E-state index contributed by atoms with van der Waals surface area (Å²) < 4.78 is 1.84. The smallest absolute Gasteiger partial charge is 0.0537 e. The molecule has 0 fully saturated rings.